The Hall–Kier alpha value is -2.29. The summed E-state index contributed by atoms with van der Waals surface area (Å²) in [5, 5.41) is 1.19. The highest BCUT2D eigenvalue weighted by molar-refractivity contribution is 5.94. The van der Waals surface area contributed by atoms with E-state index in [0.29, 0.717) is 0 Å². The maximum atomic E-state index is 13.6. The van der Waals surface area contributed by atoms with Gasteiger partial charge >= 0.3 is 0 Å². The lowest BCUT2D eigenvalue weighted by atomic mass is 9.69. The minimum absolute atomic E-state index is 0.148. The zero-order valence-corrected chi connectivity index (χ0v) is 14.9. The fourth-order valence-corrected chi connectivity index (χ4v) is 4.20. The summed E-state index contributed by atoms with van der Waals surface area (Å²) in [4.78, 5) is 0. The molecule has 0 radical (unpaired) electrons. The van der Waals surface area contributed by atoms with Crippen LogP contribution in [0.5, 0.6) is 0 Å². The molecule has 1 heterocycles. The standard InChI is InChI=1S/C21H25FN2/c1-5-21(6-2,17-11-10-15(22)12-14(17)3)18-13-24(4)20-16(18)8-7-9-19(20)23/h7-13H,5-6,23H2,1-4H3. The maximum Gasteiger partial charge on any atom is 0.123 e. The molecule has 24 heavy (non-hydrogen) atoms. The van der Waals surface area contributed by atoms with Gasteiger partial charge in [-0.3, -0.25) is 0 Å². The number of hydrogen-bond acceptors (Lipinski definition) is 1. The van der Waals surface area contributed by atoms with Crippen LogP contribution in [0.2, 0.25) is 0 Å². The van der Waals surface area contributed by atoms with Crippen LogP contribution in [0.4, 0.5) is 10.1 Å². The number of nitrogens with zero attached hydrogens (tertiary/aromatic N) is 1. The molecule has 0 atom stereocenters. The lowest BCUT2D eigenvalue weighted by Gasteiger charge is -2.34. The molecule has 0 aliphatic heterocycles. The van der Waals surface area contributed by atoms with Crippen molar-refractivity contribution in [1.29, 1.82) is 0 Å². The van der Waals surface area contributed by atoms with E-state index in [2.05, 4.69) is 30.7 Å². The molecule has 0 aliphatic carbocycles. The molecule has 0 amide bonds. The smallest absolute Gasteiger partial charge is 0.123 e. The molecule has 3 heteroatoms. The summed E-state index contributed by atoms with van der Waals surface area (Å²) in [6, 6.07) is 11.2. The third-order valence-corrected chi connectivity index (χ3v) is 5.46. The van der Waals surface area contributed by atoms with Gasteiger partial charge in [-0.25, -0.2) is 4.39 Å². The van der Waals surface area contributed by atoms with Gasteiger partial charge in [-0.1, -0.05) is 32.0 Å². The SMILES string of the molecule is CCC(CC)(c1ccc(F)cc1C)c1cn(C)c2c(N)cccc12. The highest BCUT2D eigenvalue weighted by Gasteiger charge is 2.35. The first kappa shape index (κ1) is 16.6. The van der Waals surface area contributed by atoms with E-state index < -0.39 is 0 Å². The number of halogens is 1. The normalized spacial score (nSPS) is 12.0. The van der Waals surface area contributed by atoms with Crippen LogP contribution in [0.3, 0.4) is 0 Å². The summed E-state index contributed by atoms with van der Waals surface area (Å²) in [6.45, 7) is 6.41. The van der Waals surface area contributed by atoms with E-state index in [-0.39, 0.29) is 11.2 Å². The van der Waals surface area contributed by atoms with Gasteiger partial charge in [0.2, 0.25) is 0 Å². The second-order valence-corrected chi connectivity index (χ2v) is 6.65. The van der Waals surface area contributed by atoms with E-state index in [4.69, 9.17) is 5.73 Å². The Morgan fingerprint density at radius 1 is 1.08 bits per heavy atom. The number of hydrogen-bond donors (Lipinski definition) is 1. The van der Waals surface area contributed by atoms with Crippen LogP contribution in [0.25, 0.3) is 10.9 Å². The summed E-state index contributed by atoms with van der Waals surface area (Å²) in [6.07, 6.45) is 4.09. The van der Waals surface area contributed by atoms with Crippen molar-refractivity contribution in [2.45, 2.75) is 39.0 Å². The summed E-state index contributed by atoms with van der Waals surface area (Å²) in [7, 11) is 2.04. The predicted octanol–water partition coefficient (Wildman–Crippen LogP) is 5.31. The Bertz CT molecular complexity index is 888. The van der Waals surface area contributed by atoms with Crippen LogP contribution in [-0.2, 0) is 12.5 Å². The lowest BCUT2D eigenvalue weighted by Crippen LogP contribution is -2.27. The Balaban J connectivity index is 2.36. The van der Waals surface area contributed by atoms with Gasteiger partial charge in [0.05, 0.1) is 11.2 Å². The zero-order chi connectivity index (χ0) is 17.5. The molecular weight excluding hydrogens is 299 g/mol. The van der Waals surface area contributed by atoms with Crippen LogP contribution in [-0.4, -0.2) is 4.57 Å². The first-order chi connectivity index (χ1) is 11.4. The van der Waals surface area contributed by atoms with Crippen molar-refractivity contribution in [1.82, 2.24) is 4.57 Å². The zero-order valence-electron chi connectivity index (χ0n) is 14.9. The fourth-order valence-electron chi connectivity index (χ4n) is 4.20. The second-order valence-electron chi connectivity index (χ2n) is 6.65. The van der Waals surface area contributed by atoms with Crippen molar-refractivity contribution in [2.75, 3.05) is 5.73 Å². The number of nitrogens with two attached hydrogens (primary N) is 1. The van der Waals surface area contributed by atoms with Crippen LogP contribution < -0.4 is 5.73 Å². The minimum atomic E-state index is -0.181. The average Bonchev–Trinajstić information content (AvgIpc) is 2.89. The molecule has 0 bridgehead atoms. The third-order valence-electron chi connectivity index (χ3n) is 5.46. The van der Waals surface area contributed by atoms with Crippen molar-refractivity contribution >= 4 is 16.6 Å². The van der Waals surface area contributed by atoms with Crippen molar-refractivity contribution < 1.29 is 4.39 Å². The number of rotatable bonds is 4. The predicted molar refractivity (Wildman–Crippen MR) is 99.8 cm³/mol. The number of aromatic nitrogens is 1. The summed E-state index contributed by atoms with van der Waals surface area (Å²) >= 11 is 0. The van der Waals surface area contributed by atoms with E-state index in [1.165, 1.54) is 16.5 Å². The van der Waals surface area contributed by atoms with Crippen LogP contribution in [0, 0.1) is 12.7 Å². The first-order valence-corrected chi connectivity index (χ1v) is 8.55. The Labute approximate surface area is 143 Å². The molecular formula is C21H25FN2. The average molecular weight is 324 g/mol. The Morgan fingerprint density at radius 3 is 2.42 bits per heavy atom. The van der Waals surface area contributed by atoms with Gasteiger partial charge in [-0.2, -0.15) is 0 Å². The lowest BCUT2D eigenvalue weighted by molar-refractivity contribution is 0.477. The number of fused-ring (bicyclic) bond motifs is 1. The minimum Gasteiger partial charge on any atom is -0.397 e. The Morgan fingerprint density at radius 2 is 1.79 bits per heavy atom. The molecule has 1 aromatic heterocycles. The number of nitrogen functional groups attached to an aromatic ring is 1. The van der Waals surface area contributed by atoms with E-state index in [9.17, 15) is 4.39 Å². The van der Waals surface area contributed by atoms with Crippen molar-refractivity contribution in [3.8, 4) is 0 Å². The second kappa shape index (κ2) is 5.97. The molecule has 2 nitrogen and oxygen atoms in total. The maximum absolute atomic E-state index is 13.6. The molecule has 0 spiro atoms. The molecule has 0 saturated carbocycles. The van der Waals surface area contributed by atoms with E-state index in [0.717, 1.165) is 29.6 Å². The summed E-state index contributed by atoms with van der Waals surface area (Å²) in [5.74, 6) is -0.181. The fraction of sp³-hybridized carbons (Fsp3) is 0.333. The highest BCUT2D eigenvalue weighted by Crippen LogP contribution is 2.44. The molecule has 2 aromatic carbocycles. The van der Waals surface area contributed by atoms with Gasteiger partial charge in [0.1, 0.15) is 5.82 Å². The largest absolute Gasteiger partial charge is 0.397 e. The van der Waals surface area contributed by atoms with E-state index >= 15 is 0 Å². The van der Waals surface area contributed by atoms with E-state index in [1.807, 2.05) is 32.2 Å². The van der Waals surface area contributed by atoms with Crippen LogP contribution >= 0.6 is 0 Å². The van der Waals surface area contributed by atoms with Gasteiger partial charge in [0.15, 0.2) is 0 Å². The van der Waals surface area contributed by atoms with Crippen LogP contribution in [0.15, 0.2) is 42.6 Å². The van der Waals surface area contributed by atoms with Gasteiger partial charge in [0, 0.05) is 24.0 Å². The molecule has 0 unspecified atom stereocenters. The Kier molecular flexibility index (Phi) is 4.12. The number of anilines is 1. The number of para-hydroxylation sites is 1. The van der Waals surface area contributed by atoms with Gasteiger partial charge < -0.3 is 10.3 Å². The monoisotopic (exact) mass is 324 g/mol. The number of aryl methyl sites for hydroxylation is 2. The molecule has 3 aromatic rings. The summed E-state index contributed by atoms with van der Waals surface area (Å²) in [5.41, 5.74) is 11.4. The third kappa shape index (κ3) is 2.31. The van der Waals surface area contributed by atoms with Gasteiger partial charge in [-0.05, 0) is 54.7 Å². The van der Waals surface area contributed by atoms with E-state index in [1.54, 1.807) is 12.1 Å². The van der Waals surface area contributed by atoms with Gasteiger partial charge in [0.25, 0.3) is 0 Å². The van der Waals surface area contributed by atoms with Crippen molar-refractivity contribution in [2.24, 2.45) is 7.05 Å². The molecule has 0 saturated heterocycles. The first-order valence-electron chi connectivity index (χ1n) is 8.55. The molecule has 0 fully saturated rings. The summed E-state index contributed by atoms with van der Waals surface area (Å²) < 4.78 is 15.7. The van der Waals surface area contributed by atoms with Crippen LogP contribution in [0.1, 0.15) is 43.4 Å². The molecule has 126 valence electrons. The molecule has 3 rings (SSSR count). The topological polar surface area (TPSA) is 30.9 Å². The number of benzene rings is 2. The molecule has 2 N–H and O–H groups in total. The van der Waals surface area contributed by atoms with Gasteiger partial charge in [-0.15, -0.1) is 0 Å². The highest BCUT2D eigenvalue weighted by atomic mass is 19.1. The quantitative estimate of drug-likeness (QED) is 0.647. The van der Waals surface area contributed by atoms with Crippen molar-refractivity contribution in [3.05, 3.63) is 65.1 Å². The molecule has 0 aliphatic rings. The van der Waals surface area contributed by atoms with Crippen molar-refractivity contribution in [3.63, 3.8) is 0 Å².